The molecule has 3 aliphatic rings. The standard InChI is InChI=1S/C15H21NO3/c1-2-13(17)15(8-10-3-4-11(15)7-10)9-19-14(18)16-12-5-6-12/h3-4,10-12H,2,5-9H2,1H3,(H,16,18). The lowest BCUT2D eigenvalue weighted by Gasteiger charge is -2.33. The highest BCUT2D eigenvalue weighted by Crippen LogP contribution is 2.53. The highest BCUT2D eigenvalue weighted by atomic mass is 16.5. The Morgan fingerprint density at radius 3 is 2.68 bits per heavy atom. The number of ether oxygens (including phenoxy) is 1. The van der Waals surface area contributed by atoms with E-state index in [4.69, 9.17) is 4.74 Å². The van der Waals surface area contributed by atoms with Gasteiger partial charge in [0.15, 0.2) is 0 Å². The minimum Gasteiger partial charge on any atom is -0.448 e. The van der Waals surface area contributed by atoms with Gasteiger partial charge in [-0.25, -0.2) is 4.79 Å². The summed E-state index contributed by atoms with van der Waals surface area (Å²) in [5.74, 6) is 0.998. The lowest BCUT2D eigenvalue weighted by atomic mass is 9.72. The van der Waals surface area contributed by atoms with Crippen molar-refractivity contribution in [2.24, 2.45) is 17.3 Å². The lowest BCUT2D eigenvalue weighted by Crippen LogP contribution is -2.41. The molecule has 2 fully saturated rings. The van der Waals surface area contributed by atoms with Crippen LogP contribution in [0.3, 0.4) is 0 Å². The summed E-state index contributed by atoms with van der Waals surface area (Å²) in [5, 5.41) is 2.81. The zero-order valence-electron chi connectivity index (χ0n) is 11.4. The predicted molar refractivity (Wildman–Crippen MR) is 70.6 cm³/mol. The molecule has 3 aliphatic carbocycles. The van der Waals surface area contributed by atoms with Gasteiger partial charge in [0.1, 0.15) is 12.4 Å². The van der Waals surface area contributed by atoms with Crippen molar-refractivity contribution in [3.8, 4) is 0 Å². The molecule has 4 nitrogen and oxygen atoms in total. The number of rotatable bonds is 5. The summed E-state index contributed by atoms with van der Waals surface area (Å²) in [6.45, 7) is 2.13. The van der Waals surface area contributed by atoms with E-state index < -0.39 is 5.41 Å². The predicted octanol–water partition coefficient (Wildman–Crippen LogP) is 2.44. The Kier molecular flexibility index (Phi) is 3.11. The molecular weight excluding hydrogens is 242 g/mol. The summed E-state index contributed by atoms with van der Waals surface area (Å²) in [4.78, 5) is 24.0. The summed E-state index contributed by atoms with van der Waals surface area (Å²) in [6, 6.07) is 0.297. The van der Waals surface area contributed by atoms with Crippen molar-refractivity contribution in [3.05, 3.63) is 12.2 Å². The van der Waals surface area contributed by atoms with Crippen LogP contribution in [0.2, 0.25) is 0 Å². The highest BCUT2D eigenvalue weighted by Gasteiger charge is 2.53. The number of fused-ring (bicyclic) bond motifs is 2. The monoisotopic (exact) mass is 263 g/mol. The molecule has 0 heterocycles. The molecule has 0 radical (unpaired) electrons. The van der Waals surface area contributed by atoms with Crippen molar-refractivity contribution in [1.29, 1.82) is 0 Å². The molecule has 0 aromatic heterocycles. The first-order chi connectivity index (χ1) is 9.14. The third-order valence-electron chi connectivity index (χ3n) is 4.75. The molecular formula is C15H21NO3. The van der Waals surface area contributed by atoms with E-state index in [9.17, 15) is 9.59 Å². The molecule has 0 aromatic carbocycles. The zero-order chi connectivity index (χ0) is 13.5. The lowest BCUT2D eigenvalue weighted by molar-refractivity contribution is -0.132. The summed E-state index contributed by atoms with van der Waals surface area (Å²) in [5.41, 5.74) is -0.449. The fraction of sp³-hybridized carbons (Fsp3) is 0.733. The van der Waals surface area contributed by atoms with E-state index in [1.165, 1.54) is 0 Å². The smallest absolute Gasteiger partial charge is 0.407 e. The highest BCUT2D eigenvalue weighted by molar-refractivity contribution is 5.86. The maximum atomic E-state index is 12.3. The molecule has 19 heavy (non-hydrogen) atoms. The first kappa shape index (κ1) is 12.7. The fourth-order valence-electron chi connectivity index (χ4n) is 3.50. The molecule has 104 valence electrons. The van der Waals surface area contributed by atoms with Crippen LogP contribution >= 0.6 is 0 Å². The van der Waals surface area contributed by atoms with Gasteiger partial charge in [-0.1, -0.05) is 19.1 Å². The summed E-state index contributed by atoms with van der Waals surface area (Å²) >= 11 is 0. The Hall–Kier alpha value is -1.32. The van der Waals surface area contributed by atoms with Gasteiger partial charge in [-0.05, 0) is 37.5 Å². The summed E-state index contributed by atoms with van der Waals surface area (Å²) in [6.07, 6.45) is 8.47. The van der Waals surface area contributed by atoms with Crippen molar-refractivity contribution in [2.75, 3.05) is 6.61 Å². The van der Waals surface area contributed by atoms with Crippen molar-refractivity contribution in [3.63, 3.8) is 0 Å². The fourth-order valence-corrected chi connectivity index (χ4v) is 3.50. The van der Waals surface area contributed by atoms with Gasteiger partial charge in [0.25, 0.3) is 0 Å². The molecule has 3 unspecified atom stereocenters. The maximum Gasteiger partial charge on any atom is 0.407 e. The van der Waals surface area contributed by atoms with Gasteiger partial charge in [-0.15, -0.1) is 0 Å². The van der Waals surface area contributed by atoms with E-state index in [2.05, 4.69) is 17.5 Å². The Labute approximate surface area is 113 Å². The van der Waals surface area contributed by atoms with Gasteiger partial charge in [0.2, 0.25) is 0 Å². The van der Waals surface area contributed by atoms with Crippen LogP contribution in [0.1, 0.15) is 39.0 Å². The molecule has 0 spiro atoms. The molecule has 2 saturated carbocycles. The van der Waals surface area contributed by atoms with E-state index >= 15 is 0 Å². The first-order valence-corrected chi connectivity index (χ1v) is 7.29. The first-order valence-electron chi connectivity index (χ1n) is 7.29. The molecule has 4 heteroatoms. The number of nitrogens with one attached hydrogen (secondary N) is 1. The number of ketones is 1. The molecule has 0 aliphatic heterocycles. The SMILES string of the molecule is CCC(=O)C1(COC(=O)NC2CC2)CC2C=CC1C2. The van der Waals surface area contributed by atoms with Crippen LogP contribution < -0.4 is 5.32 Å². The number of carbonyl (C=O) groups excluding carboxylic acids is 2. The molecule has 1 N–H and O–H groups in total. The van der Waals surface area contributed by atoms with Crippen molar-refractivity contribution >= 4 is 11.9 Å². The van der Waals surface area contributed by atoms with Crippen molar-refractivity contribution in [1.82, 2.24) is 5.32 Å². The number of allylic oxidation sites excluding steroid dienone is 2. The Morgan fingerprint density at radius 1 is 1.37 bits per heavy atom. The number of hydrogen-bond donors (Lipinski definition) is 1. The molecule has 0 aromatic rings. The van der Waals surface area contributed by atoms with Crippen LogP contribution in [-0.2, 0) is 9.53 Å². The minimum atomic E-state index is -0.449. The van der Waals surface area contributed by atoms with Gasteiger partial charge in [-0.2, -0.15) is 0 Å². The van der Waals surface area contributed by atoms with Crippen LogP contribution in [0.15, 0.2) is 12.2 Å². The number of Topliss-reactive ketones (excluding diaryl/α,β-unsaturated/α-hetero) is 1. The maximum absolute atomic E-state index is 12.3. The van der Waals surface area contributed by atoms with E-state index in [1.54, 1.807) is 0 Å². The Bertz CT molecular complexity index is 427. The van der Waals surface area contributed by atoms with Crippen molar-refractivity contribution in [2.45, 2.75) is 45.1 Å². The van der Waals surface area contributed by atoms with E-state index in [1.807, 2.05) is 6.92 Å². The van der Waals surface area contributed by atoms with Gasteiger partial charge >= 0.3 is 6.09 Å². The van der Waals surface area contributed by atoms with Crippen LogP contribution in [0, 0.1) is 17.3 Å². The molecule has 2 bridgehead atoms. The average Bonchev–Trinajstić information content (AvgIpc) is 3.00. The third-order valence-corrected chi connectivity index (χ3v) is 4.75. The number of alkyl carbamates (subject to hydrolysis) is 1. The Morgan fingerprint density at radius 2 is 2.16 bits per heavy atom. The second-order valence-electron chi connectivity index (χ2n) is 6.12. The molecule has 1 amide bonds. The largest absolute Gasteiger partial charge is 0.448 e. The second kappa shape index (κ2) is 4.66. The second-order valence-corrected chi connectivity index (χ2v) is 6.12. The normalized spacial score (nSPS) is 35.4. The van der Waals surface area contributed by atoms with Gasteiger partial charge in [0, 0.05) is 12.5 Å². The van der Waals surface area contributed by atoms with E-state index in [-0.39, 0.29) is 24.4 Å². The number of amides is 1. The van der Waals surface area contributed by atoms with Gasteiger partial charge in [-0.3, -0.25) is 4.79 Å². The van der Waals surface area contributed by atoms with Crippen LogP contribution in [0.25, 0.3) is 0 Å². The van der Waals surface area contributed by atoms with Crippen LogP contribution in [-0.4, -0.2) is 24.5 Å². The quantitative estimate of drug-likeness (QED) is 0.775. The van der Waals surface area contributed by atoms with Gasteiger partial charge in [0.05, 0.1) is 5.41 Å². The van der Waals surface area contributed by atoms with Crippen molar-refractivity contribution < 1.29 is 14.3 Å². The van der Waals surface area contributed by atoms with Gasteiger partial charge < -0.3 is 10.1 Å². The van der Waals surface area contributed by atoms with E-state index in [0.29, 0.717) is 18.4 Å². The third kappa shape index (κ3) is 2.28. The number of carbonyl (C=O) groups is 2. The number of hydrogen-bond acceptors (Lipinski definition) is 3. The Balaban J connectivity index is 1.65. The van der Waals surface area contributed by atoms with E-state index in [0.717, 1.165) is 25.7 Å². The summed E-state index contributed by atoms with van der Waals surface area (Å²) < 4.78 is 5.35. The van der Waals surface area contributed by atoms with Crippen LogP contribution in [0.5, 0.6) is 0 Å². The minimum absolute atomic E-state index is 0.239. The average molecular weight is 263 g/mol. The van der Waals surface area contributed by atoms with Crippen LogP contribution in [0.4, 0.5) is 4.79 Å². The molecule has 3 atom stereocenters. The molecule has 3 rings (SSSR count). The summed E-state index contributed by atoms with van der Waals surface area (Å²) in [7, 11) is 0. The topological polar surface area (TPSA) is 55.4 Å². The zero-order valence-corrected chi connectivity index (χ0v) is 11.4. The molecule has 0 saturated heterocycles.